The van der Waals surface area contributed by atoms with Crippen molar-refractivity contribution in [2.75, 3.05) is 11.9 Å². The van der Waals surface area contributed by atoms with Crippen molar-refractivity contribution in [3.8, 4) is 0 Å². The quantitative estimate of drug-likeness (QED) is 0.608. The van der Waals surface area contributed by atoms with E-state index in [0.717, 1.165) is 18.2 Å². The average molecular weight is 412 g/mol. The number of carbonyl (C=O) groups is 3. The molecule has 0 saturated carbocycles. The number of halogens is 3. The van der Waals surface area contributed by atoms with E-state index in [1.54, 1.807) is 24.3 Å². The number of amides is 3. The van der Waals surface area contributed by atoms with Crippen molar-refractivity contribution in [2.24, 2.45) is 5.73 Å². The van der Waals surface area contributed by atoms with Crippen molar-refractivity contribution in [2.45, 2.75) is 12.5 Å². The highest BCUT2D eigenvalue weighted by Gasteiger charge is 2.21. The summed E-state index contributed by atoms with van der Waals surface area (Å²) in [6.07, 6.45) is -0.328. The molecule has 0 aliphatic rings. The molecule has 0 saturated heterocycles. The van der Waals surface area contributed by atoms with Crippen LogP contribution in [0.2, 0.25) is 5.02 Å². The number of benzene rings is 2. The van der Waals surface area contributed by atoms with E-state index in [1.165, 1.54) is 0 Å². The fraction of sp³-hybridized carbons (Fsp3) is 0.167. The molecule has 1 unspecified atom stereocenters. The number of urea groups is 1. The van der Waals surface area contributed by atoms with Gasteiger partial charge in [0.2, 0.25) is 0 Å². The number of carbonyl (C=O) groups excluding carboxylic acids is 3. The monoisotopic (exact) mass is 411 g/mol. The zero-order valence-corrected chi connectivity index (χ0v) is 15.1. The Hall–Kier alpha value is -3.20. The predicted molar refractivity (Wildman–Crippen MR) is 97.5 cm³/mol. The molecular formula is C18H16ClF2N3O4. The van der Waals surface area contributed by atoms with Gasteiger partial charge in [0.1, 0.15) is 0 Å². The molecule has 0 aliphatic heterocycles. The Balaban J connectivity index is 1.93. The highest BCUT2D eigenvalue weighted by Crippen LogP contribution is 2.25. The molecule has 7 nitrogen and oxygen atoms in total. The third kappa shape index (κ3) is 6.20. The first-order chi connectivity index (χ1) is 13.3. The smallest absolute Gasteiger partial charge is 0.312 e. The van der Waals surface area contributed by atoms with Crippen LogP contribution in [0.15, 0.2) is 42.5 Å². The lowest BCUT2D eigenvalue weighted by atomic mass is 10.0. The van der Waals surface area contributed by atoms with Gasteiger partial charge >= 0.3 is 12.0 Å². The Morgan fingerprint density at radius 2 is 1.82 bits per heavy atom. The van der Waals surface area contributed by atoms with Crippen LogP contribution in [-0.2, 0) is 14.3 Å². The van der Waals surface area contributed by atoms with Crippen molar-refractivity contribution < 1.29 is 27.9 Å². The molecular weight excluding hydrogens is 396 g/mol. The van der Waals surface area contributed by atoms with Crippen LogP contribution >= 0.6 is 11.6 Å². The van der Waals surface area contributed by atoms with Gasteiger partial charge in [0.05, 0.1) is 12.5 Å². The Morgan fingerprint density at radius 3 is 2.46 bits per heavy atom. The molecule has 3 amide bonds. The number of primary amides is 1. The Labute approximate surface area is 163 Å². The van der Waals surface area contributed by atoms with Gasteiger partial charge in [0.25, 0.3) is 5.91 Å². The van der Waals surface area contributed by atoms with E-state index in [-0.39, 0.29) is 12.1 Å². The molecule has 0 bridgehead atoms. The first kappa shape index (κ1) is 21.1. The summed E-state index contributed by atoms with van der Waals surface area (Å²) in [5.41, 5.74) is 5.57. The molecule has 148 valence electrons. The highest BCUT2D eigenvalue weighted by molar-refractivity contribution is 6.31. The summed E-state index contributed by atoms with van der Waals surface area (Å²) in [6, 6.07) is 7.59. The summed E-state index contributed by atoms with van der Waals surface area (Å²) in [7, 11) is 0. The zero-order chi connectivity index (χ0) is 20.7. The van der Waals surface area contributed by atoms with Gasteiger partial charge in [-0.15, -0.1) is 0 Å². The van der Waals surface area contributed by atoms with Crippen molar-refractivity contribution in [3.05, 3.63) is 64.7 Å². The van der Waals surface area contributed by atoms with Gasteiger partial charge in [-0.1, -0.05) is 29.8 Å². The van der Waals surface area contributed by atoms with E-state index in [4.69, 9.17) is 22.1 Å². The fourth-order valence-electron chi connectivity index (χ4n) is 2.31. The first-order valence-electron chi connectivity index (χ1n) is 7.97. The molecule has 0 aromatic heterocycles. The second-order valence-electron chi connectivity index (χ2n) is 5.62. The summed E-state index contributed by atoms with van der Waals surface area (Å²) >= 11 is 6.06. The molecule has 0 fully saturated rings. The maximum atomic E-state index is 13.1. The van der Waals surface area contributed by atoms with Gasteiger partial charge in [-0.25, -0.2) is 13.6 Å². The molecule has 4 N–H and O–H groups in total. The number of esters is 1. The lowest BCUT2D eigenvalue weighted by Crippen LogP contribution is -2.35. The van der Waals surface area contributed by atoms with E-state index in [2.05, 4.69) is 10.6 Å². The molecule has 0 radical (unpaired) electrons. The lowest BCUT2D eigenvalue weighted by molar-refractivity contribution is -0.147. The van der Waals surface area contributed by atoms with Crippen LogP contribution in [0.25, 0.3) is 0 Å². The van der Waals surface area contributed by atoms with Gasteiger partial charge in [-0.05, 0) is 23.8 Å². The van der Waals surface area contributed by atoms with Crippen molar-refractivity contribution in [1.29, 1.82) is 0 Å². The molecule has 2 aromatic carbocycles. The summed E-state index contributed by atoms with van der Waals surface area (Å²) in [5, 5.41) is 4.95. The largest absolute Gasteiger partial charge is 0.455 e. The van der Waals surface area contributed by atoms with Gasteiger partial charge in [-0.3, -0.25) is 9.59 Å². The SMILES string of the molecule is NC(=O)NC(CC(=O)OCC(=O)Nc1ccc(F)c(F)c1)c1ccccc1Cl. The van der Waals surface area contributed by atoms with Gasteiger partial charge in [0, 0.05) is 16.8 Å². The molecule has 0 spiro atoms. The van der Waals surface area contributed by atoms with Crippen LogP contribution in [0.3, 0.4) is 0 Å². The average Bonchev–Trinajstić information content (AvgIpc) is 2.62. The lowest BCUT2D eigenvalue weighted by Gasteiger charge is -2.18. The van der Waals surface area contributed by atoms with E-state index in [0.29, 0.717) is 10.6 Å². The molecule has 0 heterocycles. The topological polar surface area (TPSA) is 111 Å². The first-order valence-corrected chi connectivity index (χ1v) is 8.35. The number of hydrogen-bond donors (Lipinski definition) is 3. The van der Waals surface area contributed by atoms with Crippen LogP contribution in [0.4, 0.5) is 19.3 Å². The minimum Gasteiger partial charge on any atom is -0.455 e. The van der Waals surface area contributed by atoms with E-state index >= 15 is 0 Å². The van der Waals surface area contributed by atoms with Crippen LogP contribution < -0.4 is 16.4 Å². The van der Waals surface area contributed by atoms with Crippen LogP contribution in [0.1, 0.15) is 18.0 Å². The maximum absolute atomic E-state index is 13.1. The third-order valence-electron chi connectivity index (χ3n) is 3.54. The minimum absolute atomic E-state index is 0.00397. The molecule has 1 atom stereocenters. The fourth-order valence-corrected chi connectivity index (χ4v) is 2.58. The summed E-state index contributed by atoms with van der Waals surface area (Å²) in [5.74, 6) is -3.75. The molecule has 2 aromatic rings. The number of ether oxygens (including phenoxy) is 1. The van der Waals surface area contributed by atoms with E-state index in [1.807, 2.05) is 0 Å². The van der Waals surface area contributed by atoms with E-state index in [9.17, 15) is 23.2 Å². The summed E-state index contributed by atoms with van der Waals surface area (Å²) < 4.78 is 30.8. The van der Waals surface area contributed by atoms with Gasteiger partial charge in [0.15, 0.2) is 18.2 Å². The Bertz CT molecular complexity index is 895. The Kier molecular flexibility index (Phi) is 7.28. The Morgan fingerprint density at radius 1 is 1.11 bits per heavy atom. The predicted octanol–water partition coefficient (Wildman–Crippen LogP) is 2.90. The number of anilines is 1. The van der Waals surface area contributed by atoms with Gasteiger partial charge in [-0.2, -0.15) is 0 Å². The highest BCUT2D eigenvalue weighted by atomic mass is 35.5. The normalized spacial score (nSPS) is 11.4. The van der Waals surface area contributed by atoms with Crippen LogP contribution in [0.5, 0.6) is 0 Å². The number of rotatable bonds is 7. The third-order valence-corrected chi connectivity index (χ3v) is 3.88. The van der Waals surface area contributed by atoms with Crippen molar-refractivity contribution in [1.82, 2.24) is 5.32 Å². The standard InChI is InChI=1S/C18H16ClF2N3O4/c19-12-4-2-1-3-11(12)15(24-18(22)27)8-17(26)28-9-16(25)23-10-5-6-13(20)14(21)7-10/h1-7,15H,8-9H2,(H,23,25)(H3,22,24,27). The van der Waals surface area contributed by atoms with Crippen LogP contribution in [-0.4, -0.2) is 24.5 Å². The number of hydrogen-bond acceptors (Lipinski definition) is 4. The van der Waals surface area contributed by atoms with Crippen molar-refractivity contribution >= 4 is 35.2 Å². The second kappa shape index (κ2) is 9.65. The molecule has 2 rings (SSSR count). The number of nitrogens with one attached hydrogen (secondary N) is 2. The second-order valence-corrected chi connectivity index (χ2v) is 6.03. The molecule has 0 aliphatic carbocycles. The molecule has 10 heteroatoms. The summed E-state index contributed by atoms with van der Waals surface area (Å²) in [6.45, 7) is -0.663. The van der Waals surface area contributed by atoms with E-state index < -0.39 is 42.2 Å². The van der Waals surface area contributed by atoms with Crippen LogP contribution in [0, 0.1) is 11.6 Å². The minimum atomic E-state index is -1.13. The summed E-state index contributed by atoms with van der Waals surface area (Å²) in [4.78, 5) is 35.0. The molecule has 28 heavy (non-hydrogen) atoms. The van der Waals surface area contributed by atoms with Gasteiger partial charge < -0.3 is 21.1 Å². The number of nitrogens with two attached hydrogens (primary N) is 1. The zero-order valence-electron chi connectivity index (χ0n) is 14.4. The maximum Gasteiger partial charge on any atom is 0.312 e. The van der Waals surface area contributed by atoms with Crippen molar-refractivity contribution in [3.63, 3.8) is 0 Å².